The molecule has 0 saturated carbocycles. The van der Waals surface area contributed by atoms with Crippen molar-refractivity contribution in [2.45, 2.75) is 58.5 Å². The maximum atomic E-state index is 14.5. The molecule has 1 unspecified atom stereocenters. The summed E-state index contributed by atoms with van der Waals surface area (Å²) in [6.45, 7) is 9.45. The summed E-state index contributed by atoms with van der Waals surface area (Å²) in [5.74, 6) is -0.109. The number of halogens is 1. The number of nitrogens with one attached hydrogen (secondary N) is 1. The molecule has 21 heavy (non-hydrogen) atoms. The zero-order valence-corrected chi connectivity index (χ0v) is 14.5. The van der Waals surface area contributed by atoms with Crippen LogP contribution in [0.3, 0.4) is 0 Å². The summed E-state index contributed by atoms with van der Waals surface area (Å²) >= 11 is 0. The van der Waals surface area contributed by atoms with Gasteiger partial charge in [-0.15, -0.1) is 0 Å². The first-order valence-corrected chi connectivity index (χ1v) is 8.09. The van der Waals surface area contributed by atoms with Crippen LogP contribution in [0.1, 0.15) is 57.2 Å². The zero-order valence-electron chi connectivity index (χ0n) is 14.5. The molecule has 1 atom stereocenters. The SMILES string of the molecule is CCCNC(c1cc(C)ccc1F)C(CC)(CC)N(C)C. The van der Waals surface area contributed by atoms with Gasteiger partial charge in [0.05, 0.1) is 6.04 Å². The lowest BCUT2D eigenvalue weighted by Crippen LogP contribution is -2.53. The fourth-order valence-corrected chi connectivity index (χ4v) is 3.31. The molecule has 0 fully saturated rings. The van der Waals surface area contributed by atoms with Crippen molar-refractivity contribution in [3.63, 3.8) is 0 Å². The van der Waals surface area contributed by atoms with Crippen LogP contribution in [0.5, 0.6) is 0 Å². The Balaban J connectivity index is 3.35. The highest BCUT2D eigenvalue weighted by molar-refractivity contribution is 5.30. The summed E-state index contributed by atoms with van der Waals surface area (Å²) < 4.78 is 14.5. The Morgan fingerprint density at radius 2 is 1.81 bits per heavy atom. The second kappa shape index (κ2) is 7.90. The van der Waals surface area contributed by atoms with Crippen molar-refractivity contribution in [1.29, 1.82) is 0 Å². The maximum absolute atomic E-state index is 14.5. The fourth-order valence-electron chi connectivity index (χ4n) is 3.31. The lowest BCUT2D eigenvalue weighted by Gasteiger charge is -2.46. The van der Waals surface area contributed by atoms with Gasteiger partial charge in [-0.05, 0) is 52.9 Å². The van der Waals surface area contributed by atoms with Crippen LogP contribution in [0.2, 0.25) is 0 Å². The molecule has 0 heterocycles. The van der Waals surface area contributed by atoms with E-state index in [2.05, 4.69) is 45.1 Å². The monoisotopic (exact) mass is 294 g/mol. The molecule has 1 rings (SSSR count). The number of hydrogen-bond acceptors (Lipinski definition) is 2. The average molecular weight is 294 g/mol. The van der Waals surface area contributed by atoms with Crippen LogP contribution < -0.4 is 5.32 Å². The number of aryl methyl sites for hydroxylation is 1. The molecule has 1 aromatic rings. The van der Waals surface area contributed by atoms with E-state index < -0.39 is 0 Å². The first-order chi connectivity index (χ1) is 9.92. The van der Waals surface area contributed by atoms with Crippen LogP contribution >= 0.6 is 0 Å². The normalized spacial score (nSPS) is 13.7. The van der Waals surface area contributed by atoms with E-state index in [0.717, 1.165) is 36.9 Å². The number of hydrogen-bond donors (Lipinski definition) is 1. The van der Waals surface area contributed by atoms with Gasteiger partial charge in [-0.2, -0.15) is 0 Å². The van der Waals surface area contributed by atoms with E-state index in [1.165, 1.54) is 0 Å². The van der Waals surface area contributed by atoms with Gasteiger partial charge in [0.2, 0.25) is 0 Å². The van der Waals surface area contributed by atoms with E-state index in [-0.39, 0.29) is 17.4 Å². The first kappa shape index (κ1) is 18.1. The number of nitrogens with zero attached hydrogens (tertiary/aromatic N) is 1. The average Bonchev–Trinajstić information content (AvgIpc) is 2.46. The van der Waals surface area contributed by atoms with E-state index in [9.17, 15) is 4.39 Å². The molecule has 0 saturated heterocycles. The van der Waals surface area contributed by atoms with Gasteiger partial charge in [-0.1, -0.05) is 38.5 Å². The number of benzene rings is 1. The zero-order chi connectivity index (χ0) is 16.0. The molecule has 0 amide bonds. The maximum Gasteiger partial charge on any atom is 0.128 e. The van der Waals surface area contributed by atoms with E-state index in [1.807, 2.05) is 19.1 Å². The van der Waals surface area contributed by atoms with Gasteiger partial charge in [-0.3, -0.25) is 0 Å². The van der Waals surface area contributed by atoms with Gasteiger partial charge in [0.15, 0.2) is 0 Å². The Labute approximate surface area is 129 Å². The first-order valence-electron chi connectivity index (χ1n) is 8.09. The minimum absolute atomic E-state index is 0.00218. The van der Waals surface area contributed by atoms with Crippen molar-refractivity contribution >= 4 is 0 Å². The Morgan fingerprint density at radius 3 is 2.29 bits per heavy atom. The third kappa shape index (κ3) is 3.83. The van der Waals surface area contributed by atoms with E-state index in [1.54, 1.807) is 6.07 Å². The molecule has 0 aliphatic rings. The van der Waals surface area contributed by atoms with Crippen molar-refractivity contribution in [3.8, 4) is 0 Å². The standard InChI is InChI=1S/C18H31FN2/c1-7-12-20-17(18(8-2,9-3)21(5)6)15-13-14(4)10-11-16(15)19/h10-11,13,17,20H,7-9,12H2,1-6H3. The van der Waals surface area contributed by atoms with Crippen LogP contribution in [0, 0.1) is 12.7 Å². The smallest absolute Gasteiger partial charge is 0.128 e. The van der Waals surface area contributed by atoms with Gasteiger partial charge in [0, 0.05) is 11.1 Å². The summed E-state index contributed by atoms with van der Waals surface area (Å²) in [6, 6.07) is 5.43. The molecule has 0 aliphatic heterocycles. The lowest BCUT2D eigenvalue weighted by molar-refractivity contribution is 0.0864. The minimum Gasteiger partial charge on any atom is -0.308 e. The van der Waals surface area contributed by atoms with Crippen molar-refractivity contribution in [2.75, 3.05) is 20.6 Å². The van der Waals surface area contributed by atoms with Crippen molar-refractivity contribution in [2.24, 2.45) is 0 Å². The molecule has 0 radical (unpaired) electrons. The lowest BCUT2D eigenvalue weighted by atomic mass is 9.79. The molecule has 1 aromatic carbocycles. The van der Waals surface area contributed by atoms with Gasteiger partial charge in [0.25, 0.3) is 0 Å². The third-order valence-corrected chi connectivity index (χ3v) is 4.71. The molecule has 0 bridgehead atoms. The Morgan fingerprint density at radius 1 is 1.19 bits per heavy atom. The second-order valence-corrected chi connectivity index (χ2v) is 6.12. The summed E-state index contributed by atoms with van der Waals surface area (Å²) in [7, 11) is 4.20. The van der Waals surface area contributed by atoms with E-state index in [4.69, 9.17) is 0 Å². The molecule has 0 spiro atoms. The van der Waals surface area contributed by atoms with Crippen LogP contribution in [0.25, 0.3) is 0 Å². The van der Waals surface area contributed by atoms with Crippen LogP contribution in [-0.4, -0.2) is 31.1 Å². The van der Waals surface area contributed by atoms with Gasteiger partial charge in [0.1, 0.15) is 5.82 Å². The number of rotatable bonds is 8. The van der Waals surface area contributed by atoms with Crippen LogP contribution in [0.15, 0.2) is 18.2 Å². The highest BCUT2D eigenvalue weighted by Gasteiger charge is 2.39. The number of likely N-dealkylation sites (N-methyl/N-ethyl adjacent to an activating group) is 1. The van der Waals surface area contributed by atoms with Crippen molar-refractivity contribution in [3.05, 3.63) is 35.1 Å². The molecule has 3 heteroatoms. The predicted molar refractivity (Wildman–Crippen MR) is 89.2 cm³/mol. The Bertz CT molecular complexity index is 439. The van der Waals surface area contributed by atoms with Crippen molar-refractivity contribution in [1.82, 2.24) is 10.2 Å². The molecule has 0 aromatic heterocycles. The Hall–Kier alpha value is -0.930. The minimum atomic E-state index is -0.109. The highest BCUT2D eigenvalue weighted by atomic mass is 19.1. The van der Waals surface area contributed by atoms with Gasteiger partial charge < -0.3 is 10.2 Å². The molecular formula is C18H31FN2. The van der Waals surface area contributed by atoms with Crippen molar-refractivity contribution < 1.29 is 4.39 Å². The van der Waals surface area contributed by atoms with E-state index in [0.29, 0.717) is 0 Å². The van der Waals surface area contributed by atoms with Gasteiger partial charge >= 0.3 is 0 Å². The van der Waals surface area contributed by atoms with Crippen LogP contribution in [-0.2, 0) is 0 Å². The quantitative estimate of drug-likeness (QED) is 0.769. The summed E-state index contributed by atoms with van der Waals surface area (Å²) in [4.78, 5) is 2.25. The molecule has 120 valence electrons. The fraction of sp³-hybridized carbons (Fsp3) is 0.667. The molecule has 0 aliphatic carbocycles. The third-order valence-electron chi connectivity index (χ3n) is 4.71. The topological polar surface area (TPSA) is 15.3 Å². The largest absolute Gasteiger partial charge is 0.308 e. The van der Waals surface area contributed by atoms with Crippen LogP contribution in [0.4, 0.5) is 4.39 Å². The predicted octanol–water partition coefficient (Wildman–Crippen LogP) is 4.30. The summed E-state index contributed by atoms with van der Waals surface area (Å²) in [5, 5.41) is 3.60. The Kier molecular flexibility index (Phi) is 6.82. The second-order valence-electron chi connectivity index (χ2n) is 6.12. The molecule has 1 N–H and O–H groups in total. The summed E-state index contributed by atoms with van der Waals surface area (Å²) in [5.41, 5.74) is 1.82. The van der Waals surface area contributed by atoms with Gasteiger partial charge in [-0.25, -0.2) is 4.39 Å². The highest BCUT2D eigenvalue weighted by Crippen LogP contribution is 2.37. The molecule has 2 nitrogen and oxygen atoms in total. The molecular weight excluding hydrogens is 263 g/mol. The summed E-state index contributed by atoms with van der Waals surface area (Å²) in [6.07, 6.45) is 3.00. The van der Waals surface area contributed by atoms with E-state index >= 15 is 0 Å².